The van der Waals surface area contributed by atoms with Crippen LogP contribution in [0, 0.1) is 0 Å². The number of nitrogens with zero attached hydrogens (tertiary/aromatic N) is 1. The lowest BCUT2D eigenvalue weighted by atomic mass is 10.1. The van der Waals surface area contributed by atoms with Crippen LogP contribution in [0.15, 0.2) is 59.8 Å². The number of ether oxygens (including phenoxy) is 1. The topological polar surface area (TPSA) is 65.0 Å². The van der Waals surface area contributed by atoms with Crippen molar-refractivity contribution in [3.05, 3.63) is 60.2 Å². The van der Waals surface area contributed by atoms with Crippen molar-refractivity contribution in [3.8, 4) is 11.5 Å². The summed E-state index contributed by atoms with van der Waals surface area (Å²) in [6.07, 6.45) is -4.69. The van der Waals surface area contributed by atoms with Crippen molar-refractivity contribution in [1.82, 2.24) is 0 Å². The Morgan fingerprint density at radius 2 is 1.58 bits per heavy atom. The van der Waals surface area contributed by atoms with Gasteiger partial charge in [-0.15, -0.1) is 0 Å². The van der Waals surface area contributed by atoms with E-state index in [0.717, 1.165) is 12.1 Å². The van der Waals surface area contributed by atoms with Crippen molar-refractivity contribution in [2.75, 3.05) is 5.75 Å². The molecule has 0 fully saturated rings. The second-order valence-corrected chi connectivity index (χ2v) is 6.89. The molecule has 0 saturated carbocycles. The molecule has 5 nitrogen and oxygen atoms in total. The fourth-order valence-corrected chi connectivity index (χ4v) is 2.72. The number of para-hydroxylation sites is 1. The van der Waals surface area contributed by atoms with Gasteiger partial charge in [0.15, 0.2) is 5.71 Å². The standard InChI is InChI=1S/C17H16F3NO4S/c1-2-12-26(22,23)25-21-16(17(18,19)20)13-8-10-15(11-9-13)24-14-6-4-3-5-7-14/h3-11H,2,12H2,1H3/b21-16-. The first-order valence-electron chi connectivity index (χ1n) is 7.61. The minimum atomic E-state index is -4.89. The smallest absolute Gasteiger partial charge is 0.437 e. The predicted molar refractivity (Wildman–Crippen MR) is 90.7 cm³/mol. The van der Waals surface area contributed by atoms with Crippen LogP contribution in [0.3, 0.4) is 0 Å². The molecule has 0 unspecified atom stereocenters. The van der Waals surface area contributed by atoms with Gasteiger partial charge in [-0.3, -0.25) is 4.28 Å². The van der Waals surface area contributed by atoms with Crippen LogP contribution in [-0.4, -0.2) is 26.1 Å². The monoisotopic (exact) mass is 387 g/mol. The van der Waals surface area contributed by atoms with Crippen LogP contribution in [0.5, 0.6) is 11.5 Å². The SMILES string of the molecule is CCCS(=O)(=O)O/N=C(/c1ccc(Oc2ccccc2)cc1)C(F)(F)F. The summed E-state index contributed by atoms with van der Waals surface area (Å²) in [5.41, 5.74) is -1.78. The molecule has 0 aromatic heterocycles. The molecule has 0 heterocycles. The molecule has 9 heteroatoms. The Hall–Kier alpha value is -2.55. The van der Waals surface area contributed by atoms with E-state index in [2.05, 4.69) is 9.44 Å². The number of oxime groups is 1. The molecule has 26 heavy (non-hydrogen) atoms. The molecule has 2 rings (SSSR count). The van der Waals surface area contributed by atoms with E-state index in [1.807, 2.05) is 0 Å². The van der Waals surface area contributed by atoms with E-state index in [-0.39, 0.29) is 12.0 Å². The van der Waals surface area contributed by atoms with Gasteiger partial charge >= 0.3 is 16.3 Å². The van der Waals surface area contributed by atoms with E-state index in [1.54, 1.807) is 37.3 Å². The maximum absolute atomic E-state index is 13.2. The lowest BCUT2D eigenvalue weighted by Gasteiger charge is -2.11. The number of halogens is 3. The first kappa shape index (κ1) is 19.8. The normalized spacial score (nSPS) is 12.7. The molecule has 0 atom stereocenters. The number of rotatable bonds is 7. The van der Waals surface area contributed by atoms with Gasteiger partial charge in [0.2, 0.25) is 0 Å². The van der Waals surface area contributed by atoms with Crippen LogP contribution in [-0.2, 0) is 14.4 Å². The lowest BCUT2D eigenvalue weighted by molar-refractivity contribution is -0.0597. The summed E-state index contributed by atoms with van der Waals surface area (Å²) < 4.78 is 72.0. The minimum absolute atomic E-state index is 0.199. The first-order valence-corrected chi connectivity index (χ1v) is 9.19. The van der Waals surface area contributed by atoms with Gasteiger partial charge in [-0.2, -0.15) is 21.6 Å². The highest BCUT2D eigenvalue weighted by atomic mass is 32.2. The van der Waals surface area contributed by atoms with Crippen molar-refractivity contribution in [2.24, 2.45) is 5.16 Å². The van der Waals surface area contributed by atoms with Gasteiger partial charge in [0.25, 0.3) is 0 Å². The van der Waals surface area contributed by atoms with Gasteiger partial charge in [0.05, 0.1) is 5.75 Å². The Kier molecular flexibility index (Phi) is 6.25. The van der Waals surface area contributed by atoms with Crippen LogP contribution in [0.2, 0.25) is 0 Å². The van der Waals surface area contributed by atoms with Gasteiger partial charge in [0, 0.05) is 5.56 Å². The van der Waals surface area contributed by atoms with Crippen molar-refractivity contribution in [2.45, 2.75) is 19.5 Å². The third-order valence-corrected chi connectivity index (χ3v) is 4.28. The number of hydrogen-bond acceptors (Lipinski definition) is 5. The molecular formula is C17H16F3NO4S. The summed E-state index contributed by atoms with van der Waals surface area (Å²) in [5, 5.41) is 2.83. The molecule has 2 aromatic carbocycles. The van der Waals surface area contributed by atoms with E-state index in [1.165, 1.54) is 12.1 Å². The summed E-state index contributed by atoms with van der Waals surface area (Å²) in [4.78, 5) is 0. The highest BCUT2D eigenvalue weighted by Crippen LogP contribution is 2.26. The van der Waals surface area contributed by atoms with Crippen LogP contribution in [0.25, 0.3) is 0 Å². The van der Waals surface area contributed by atoms with Crippen molar-refractivity contribution < 1.29 is 30.6 Å². The van der Waals surface area contributed by atoms with Gasteiger partial charge in [0.1, 0.15) is 11.5 Å². The Balaban J connectivity index is 2.23. The Bertz CT molecular complexity index is 848. The summed E-state index contributed by atoms with van der Waals surface area (Å²) in [5.74, 6) is 0.422. The quantitative estimate of drug-likeness (QED) is 0.518. The fourth-order valence-electron chi connectivity index (χ4n) is 1.95. The molecule has 0 radical (unpaired) electrons. The van der Waals surface area contributed by atoms with E-state index in [4.69, 9.17) is 4.74 Å². The number of benzene rings is 2. The maximum atomic E-state index is 13.2. The molecule has 0 aliphatic rings. The zero-order valence-corrected chi connectivity index (χ0v) is 14.5. The van der Waals surface area contributed by atoms with Crippen LogP contribution < -0.4 is 4.74 Å². The van der Waals surface area contributed by atoms with Crippen LogP contribution >= 0.6 is 0 Å². The van der Waals surface area contributed by atoms with Gasteiger partial charge in [-0.1, -0.05) is 30.3 Å². The molecule has 0 amide bonds. The van der Waals surface area contributed by atoms with Crippen LogP contribution in [0.1, 0.15) is 18.9 Å². The average Bonchev–Trinajstić information content (AvgIpc) is 2.56. The summed E-state index contributed by atoms with van der Waals surface area (Å²) in [6.45, 7) is 1.56. The molecule has 0 aliphatic heterocycles. The number of alkyl halides is 3. The molecule has 0 bridgehead atoms. The first-order chi connectivity index (χ1) is 12.2. The van der Waals surface area contributed by atoms with Gasteiger partial charge in [-0.25, -0.2) is 0 Å². The number of hydrogen-bond donors (Lipinski definition) is 0. The van der Waals surface area contributed by atoms with Gasteiger partial charge < -0.3 is 4.74 Å². The van der Waals surface area contributed by atoms with E-state index in [9.17, 15) is 21.6 Å². The van der Waals surface area contributed by atoms with Gasteiger partial charge in [-0.05, 0) is 42.8 Å². The zero-order valence-electron chi connectivity index (χ0n) is 13.7. The molecule has 0 spiro atoms. The average molecular weight is 387 g/mol. The summed E-state index contributed by atoms with van der Waals surface area (Å²) in [7, 11) is -4.16. The molecule has 0 aliphatic carbocycles. The maximum Gasteiger partial charge on any atom is 0.437 e. The summed E-state index contributed by atoms with van der Waals surface area (Å²) in [6, 6.07) is 13.6. The highest BCUT2D eigenvalue weighted by molar-refractivity contribution is 7.86. The second kappa shape index (κ2) is 8.22. The molecule has 2 aromatic rings. The Labute approximate surface area is 149 Å². The van der Waals surface area contributed by atoms with Crippen LogP contribution in [0.4, 0.5) is 13.2 Å². The fraction of sp³-hybridized carbons (Fsp3) is 0.235. The van der Waals surface area contributed by atoms with E-state index in [0.29, 0.717) is 11.5 Å². The van der Waals surface area contributed by atoms with Crippen molar-refractivity contribution in [3.63, 3.8) is 0 Å². The minimum Gasteiger partial charge on any atom is -0.457 e. The van der Waals surface area contributed by atoms with E-state index < -0.39 is 27.8 Å². The predicted octanol–water partition coefficient (Wildman–Crippen LogP) is 4.50. The van der Waals surface area contributed by atoms with E-state index >= 15 is 0 Å². The molecule has 0 saturated heterocycles. The summed E-state index contributed by atoms with van der Waals surface area (Å²) >= 11 is 0. The zero-order chi connectivity index (χ0) is 19.2. The Morgan fingerprint density at radius 3 is 2.12 bits per heavy atom. The lowest BCUT2D eigenvalue weighted by Crippen LogP contribution is -2.25. The molecule has 140 valence electrons. The largest absolute Gasteiger partial charge is 0.457 e. The van der Waals surface area contributed by atoms with Crippen molar-refractivity contribution >= 4 is 15.8 Å². The second-order valence-electron chi connectivity index (χ2n) is 5.21. The molecular weight excluding hydrogens is 371 g/mol. The Morgan fingerprint density at radius 1 is 1.00 bits per heavy atom. The molecule has 0 N–H and O–H groups in total. The highest BCUT2D eigenvalue weighted by Gasteiger charge is 2.38. The third kappa shape index (κ3) is 5.76. The van der Waals surface area contributed by atoms with Crippen molar-refractivity contribution in [1.29, 1.82) is 0 Å². The third-order valence-electron chi connectivity index (χ3n) is 3.07.